The van der Waals surface area contributed by atoms with E-state index in [0.717, 1.165) is 38.5 Å². The molecule has 206 valence electrons. The van der Waals surface area contributed by atoms with E-state index in [1.54, 1.807) is 0 Å². The predicted octanol–water partition coefficient (Wildman–Crippen LogP) is 2.67. The maximum atomic E-state index is 13.7. The summed E-state index contributed by atoms with van der Waals surface area (Å²) in [5, 5.41) is 0. The molecule has 37 heavy (non-hydrogen) atoms. The van der Waals surface area contributed by atoms with Crippen molar-refractivity contribution in [3.05, 3.63) is 0 Å². The quantitative estimate of drug-likeness (QED) is 0.301. The van der Waals surface area contributed by atoms with Crippen LogP contribution in [0.4, 0.5) is 13.2 Å². The maximum absolute atomic E-state index is 13.7. The number of hydrogen-bond donors (Lipinski definition) is 1. The number of alkyl halides is 3. The van der Waals surface area contributed by atoms with E-state index in [-0.39, 0.29) is 12.4 Å². The Hall–Kier alpha value is -1.89. The zero-order valence-corrected chi connectivity index (χ0v) is 20.9. The van der Waals surface area contributed by atoms with E-state index in [4.69, 9.17) is 18.8 Å². The van der Waals surface area contributed by atoms with Gasteiger partial charge in [-0.3, -0.25) is 18.9 Å². The first-order valence-corrected chi connectivity index (χ1v) is 14.4. The van der Waals surface area contributed by atoms with Gasteiger partial charge in [-0.1, -0.05) is 0 Å². The highest BCUT2D eigenvalue weighted by molar-refractivity contribution is 7.85. The highest BCUT2D eigenvalue weighted by Crippen LogP contribution is 2.63. The van der Waals surface area contributed by atoms with Gasteiger partial charge in [0.1, 0.15) is 18.0 Å². The lowest BCUT2D eigenvalue weighted by Gasteiger charge is -2.55. The molecule has 1 saturated heterocycles. The Balaban J connectivity index is 1.24. The number of rotatable bonds is 6. The van der Waals surface area contributed by atoms with Crippen LogP contribution in [0.25, 0.3) is 0 Å². The summed E-state index contributed by atoms with van der Waals surface area (Å²) in [6.07, 6.45) is -1.31. The van der Waals surface area contributed by atoms with E-state index in [0.29, 0.717) is 24.7 Å². The van der Waals surface area contributed by atoms with Crippen LogP contribution < -0.4 is 0 Å². The monoisotopic (exact) mass is 550 g/mol. The summed E-state index contributed by atoms with van der Waals surface area (Å²) in [4.78, 5) is 39.3. The van der Waals surface area contributed by atoms with Crippen molar-refractivity contribution in [3.8, 4) is 0 Å². The Morgan fingerprint density at radius 1 is 1.05 bits per heavy atom. The van der Waals surface area contributed by atoms with Crippen LogP contribution in [0, 0.1) is 46.8 Å². The van der Waals surface area contributed by atoms with E-state index >= 15 is 0 Å². The van der Waals surface area contributed by atoms with Gasteiger partial charge in [0.2, 0.25) is 5.60 Å². The Bertz CT molecular complexity index is 1120. The van der Waals surface area contributed by atoms with Gasteiger partial charge in [-0.15, -0.1) is 0 Å². The van der Waals surface area contributed by atoms with Crippen molar-refractivity contribution in [2.45, 2.75) is 75.9 Å². The van der Waals surface area contributed by atoms with E-state index in [1.807, 2.05) is 0 Å². The molecule has 6 aliphatic carbocycles. The summed E-state index contributed by atoms with van der Waals surface area (Å²) < 4.78 is 88.9. The van der Waals surface area contributed by atoms with Gasteiger partial charge >= 0.3 is 24.1 Å². The third-order valence-corrected chi connectivity index (χ3v) is 10.8. The largest absolute Gasteiger partial charge is 0.458 e. The zero-order valence-electron chi connectivity index (χ0n) is 20.1. The second kappa shape index (κ2) is 7.83. The van der Waals surface area contributed by atoms with Gasteiger partial charge in [-0.2, -0.15) is 21.6 Å². The molecule has 0 aromatic rings. The van der Waals surface area contributed by atoms with Crippen LogP contribution in [0.1, 0.15) is 51.9 Å². The molecule has 1 N–H and O–H groups in total. The van der Waals surface area contributed by atoms with Gasteiger partial charge in [0.05, 0.1) is 17.3 Å². The number of carbonyl (C=O) groups is 3. The minimum atomic E-state index is -5.32. The molecule has 0 aromatic carbocycles. The van der Waals surface area contributed by atoms with E-state index in [2.05, 4.69) is 0 Å². The first-order chi connectivity index (χ1) is 17.1. The standard InChI is InChI=1S/C24H29F3O9S/c1-22(24(25,26)27,9-37(31,32)33)36-20(29)16-14-5-13-15(16)19(28)34-17(13)18(14)35-21(30)23-6-10-2-11(7-23)4-12(3-10)8-23/h10-18H,2-9H2,1H3,(H,31,32,33). The molecule has 7 atom stereocenters. The van der Waals surface area contributed by atoms with Crippen LogP contribution in [-0.2, 0) is 38.7 Å². The molecule has 6 saturated carbocycles. The second-order valence-corrected chi connectivity index (χ2v) is 13.9. The van der Waals surface area contributed by atoms with Crippen molar-refractivity contribution in [2.75, 3.05) is 5.75 Å². The lowest BCUT2D eigenvalue weighted by Crippen LogP contribution is -2.54. The summed E-state index contributed by atoms with van der Waals surface area (Å²) in [5.41, 5.74) is -4.15. The van der Waals surface area contributed by atoms with Gasteiger partial charge in [-0.05, 0) is 69.6 Å². The summed E-state index contributed by atoms with van der Waals surface area (Å²) >= 11 is 0. The van der Waals surface area contributed by atoms with Crippen LogP contribution in [0.15, 0.2) is 0 Å². The number of fused-ring (bicyclic) bond motifs is 1. The lowest BCUT2D eigenvalue weighted by molar-refractivity contribution is -0.259. The van der Waals surface area contributed by atoms with Crippen molar-refractivity contribution < 1.29 is 54.7 Å². The van der Waals surface area contributed by atoms with Crippen molar-refractivity contribution in [1.29, 1.82) is 0 Å². The third kappa shape index (κ3) is 3.89. The fraction of sp³-hybridized carbons (Fsp3) is 0.875. The van der Waals surface area contributed by atoms with Gasteiger partial charge in [0.25, 0.3) is 10.1 Å². The average molecular weight is 551 g/mol. The van der Waals surface area contributed by atoms with Crippen LogP contribution in [-0.4, -0.2) is 60.6 Å². The third-order valence-electron chi connectivity index (χ3n) is 9.92. The number of esters is 3. The van der Waals surface area contributed by atoms with Gasteiger partial charge in [0.15, 0.2) is 0 Å². The molecule has 1 aliphatic heterocycles. The van der Waals surface area contributed by atoms with Crippen molar-refractivity contribution in [2.24, 2.45) is 46.8 Å². The van der Waals surface area contributed by atoms with Crippen LogP contribution in [0.2, 0.25) is 0 Å². The molecular formula is C24H29F3O9S. The summed E-state index contributed by atoms with van der Waals surface area (Å²) in [5.74, 6) is -6.79. The predicted molar refractivity (Wildman–Crippen MR) is 116 cm³/mol. The van der Waals surface area contributed by atoms with Crippen LogP contribution >= 0.6 is 0 Å². The molecule has 0 spiro atoms. The fourth-order valence-corrected chi connectivity index (χ4v) is 9.80. The Morgan fingerprint density at radius 3 is 2.14 bits per heavy atom. The molecule has 7 aliphatic rings. The zero-order chi connectivity index (χ0) is 26.7. The molecule has 9 nitrogen and oxygen atoms in total. The van der Waals surface area contributed by atoms with Crippen LogP contribution in [0.3, 0.4) is 0 Å². The maximum Gasteiger partial charge on any atom is 0.429 e. The molecule has 1 heterocycles. The Kier molecular flexibility index (Phi) is 5.37. The topological polar surface area (TPSA) is 133 Å². The fourth-order valence-electron chi connectivity index (χ4n) is 8.89. The van der Waals surface area contributed by atoms with Crippen molar-refractivity contribution in [3.63, 3.8) is 0 Å². The molecule has 0 amide bonds. The van der Waals surface area contributed by atoms with Crippen LogP contribution in [0.5, 0.6) is 0 Å². The van der Waals surface area contributed by atoms with Gasteiger partial charge in [-0.25, -0.2) is 0 Å². The molecular weight excluding hydrogens is 521 g/mol. The molecule has 6 bridgehead atoms. The Labute approximate surface area is 211 Å². The van der Waals surface area contributed by atoms with E-state index in [1.165, 1.54) is 0 Å². The summed E-state index contributed by atoms with van der Waals surface area (Å²) in [6.45, 7) is 0.353. The number of hydrogen-bond acceptors (Lipinski definition) is 8. The number of ether oxygens (including phenoxy) is 3. The minimum Gasteiger partial charge on any atom is -0.458 e. The van der Waals surface area contributed by atoms with E-state index in [9.17, 15) is 36.0 Å². The highest BCUT2D eigenvalue weighted by Gasteiger charge is 2.71. The minimum absolute atomic E-state index is 0.237. The average Bonchev–Trinajstić information content (AvgIpc) is 3.34. The second-order valence-electron chi connectivity index (χ2n) is 12.5. The molecule has 0 radical (unpaired) electrons. The SMILES string of the molecule is CC(CS(=O)(=O)O)(OC(=O)C1C2CC3C(OC(=O)C31)C2OC(=O)C12CC3CC(CC(C3)C1)C2)C(F)(F)F. The van der Waals surface area contributed by atoms with Crippen molar-refractivity contribution >= 4 is 28.0 Å². The molecule has 13 heteroatoms. The lowest BCUT2D eigenvalue weighted by atomic mass is 9.49. The van der Waals surface area contributed by atoms with Gasteiger partial charge < -0.3 is 14.2 Å². The smallest absolute Gasteiger partial charge is 0.429 e. The molecule has 7 rings (SSSR count). The number of halogens is 3. The number of carbonyl (C=O) groups excluding carboxylic acids is 3. The molecule has 7 unspecified atom stereocenters. The van der Waals surface area contributed by atoms with E-state index < -0.39 is 80.9 Å². The highest BCUT2D eigenvalue weighted by atomic mass is 32.2. The summed E-state index contributed by atoms with van der Waals surface area (Å²) in [6, 6.07) is 0. The van der Waals surface area contributed by atoms with Crippen molar-refractivity contribution in [1.82, 2.24) is 0 Å². The first-order valence-electron chi connectivity index (χ1n) is 12.8. The molecule has 0 aromatic heterocycles. The normalized spacial score (nSPS) is 45.0. The summed E-state index contributed by atoms with van der Waals surface area (Å²) in [7, 11) is -5.17. The molecule has 7 fully saturated rings. The first kappa shape index (κ1) is 25.4. The Morgan fingerprint density at radius 2 is 1.62 bits per heavy atom. The van der Waals surface area contributed by atoms with Gasteiger partial charge in [0, 0.05) is 11.8 Å².